The summed E-state index contributed by atoms with van der Waals surface area (Å²) in [4.78, 5) is 9.14. The number of hydrogen-bond acceptors (Lipinski definition) is 8. The molecule has 7 rings (SSSR count). The molecule has 0 radical (unpaired) electrons. The Bertz CT molecular complexity index is 1190. The molecule has 5 N–H and O–H groups in total. The Labute approximate surface area is 238 Å². The fraction of sp³-hybridized carbons (Fsp3) is 0.656. The van der Waals surface area contributed by atoms with Crippen LogP contribution in [0, 0.1) is 41.4 Å². The first-order valence-electron chi connectivity index (χ1n) is 15.4. The van der Waals surface area contributed by atoms with E-state index in [-0.39, 0.29) is 6.61 Å². The quantitative estimate of drug-likeness (QED) is 0.284. The first kappa shape index (κ1) is 27.4. The molecule has 1 aromatic carbocycles. The third-order valence-electron chi connectivity index (χ3n) is 10.3. The molecule has 0 amide bonds. The number of aryl methyl sites for hydroxylation is 1. The summed E-state index contributed by atoms with van der Waals surface area (Å²) in [5.41, 5.74) is 3.26. The molecule has 40 heavy (non-hydrogen) atoms. The summed E-state index contributed by atoms with van der Waals surface area (Å²) < 4.78 is 0. The van der Waals surface area contributed by atoms with Gasteiger partial charge in [0.15, 0.2) is 0 Å². The van der Waals surface area contributed by atoms with Crippen LogP contribution in [0.2, 0.25) is 0 Å². The van der Waals surface area contributed by atoms with E-state index in [4.69, 9.17) is 10.1 Å². The summed E-state index contributed by atoms with van der Waals surface area (Å²) >= 11 is 0. The van der Waals surface area contributed by atoms with Crippen molar-refractivity contribution in [3.05, 3.63) is 47.2 Å². The van der Waals surface area contributed by atoms with Crippen LogP contribution in [-0.4, -0.2) is 52.9 Å². The first-order valence-corrected chi connectivity index (χ1v) is 15.4. The molecule has 5 aliphatic rings. The molecule has 8 nitrogen and oxygen atoms in total. The van der Waals surface area contributed by atoms with E-state index < -0.39 is 0 Å². The average molecular weight is 544 g/mol. The number of hydrogen-bond donors (Lipinski definition) is 5. The standard InChI is InChI=1S/C32H45N7O/c1-21-4-2-3-5-23(21)18-35-31-36-19-26(17-33)30(39-31)37-20-32-14-22-12-24(15-32)29(25(13-22)16-32)38-28-8-6-27(7-9-28)34-10-11-40/h2-5,19,22,24-25,27-29,34,38,40H,6-16,18,20H2,1H3,(H2,35,36,37,39)/t22?,24-,25+,27-,28+,29-,32-. The topological polar surface area (TPSA) is 118 Å². The van der Waals surface area contributed by atoms with E-state index >= 15 is 0 Å². The molecule has 5 atom stereocenters. The van der Waals surface area contributed by atoms with Gasteiger partial charge in [0.05, 0.1) is 12.8 Å². The summed E-state index contributed by atoms with van der Waals surface area (Å²) in [7, 11) is 0. The maximum absolute atomic E-state index is 9.75. The number of rotatable bonds is 11. The molecule has 0 aliphatic heterocycles. The van der Waals surface area contributed by atoms with Gasteiger partial charge in [0.25, 0.3) is 0 Å². The number of anilines is 2. The molecule has 8 heteroatoms. The molecule has 5 aliphatic carbocycles. The molecule has 0 saturated heterocycles. The van der Waals surface area contributed by atoms with E-state index in [1.807, 2.05) is 12.1 Å². The number of aliphatic hydroxyl groups is 1. The zero-order chi connectivity index (χ0) is 27.5. The van der Waals surface area contributed by atoms with Crippen molar-refractivity contribution >= 4 is 11.8 Å². The largest absolute Gasteiger partial charge is 0.395 e. The van der Waals surface area contributed by atoms with Crippen LogP contribution in [0.5, 0.6) is 0 Å². The summed E-state index contributed by atoms with van der Waals surface area (Å²) in [6.45, 7) is 4.58. The van der Waals surface area contributed by atoms with Gasteiger partial charge in [0.2, 0.25) is 5.95 Å². The smallest absolute Gasteiger partial charge is 0.224 e. The lowest BCUT2D eigenvalue weighted by atomic mass is 9.47. The normalized spacial score (nSPS) is 32.5. The van der Waals surface area contributed by atoms with Crippen molar-refractivity contribution in [2.24, 2.45) is 23.2 Å². The SMILES string of the molecule is Cc1ccccc1CNc1ncc(C#N)c(NC[C@]23CC4C[C@H](C2)[C@@H](N[C@H]2CC[C@@H](NCCO)CC2)[C@@H](C4)C3)n1. The number of benzene rings is 1. The van der Waals surface area contributed by atoms with Crippen molar-refractivity contribution in [2.75, 3.05) is 30.3 Å². The summed E-state index contributed by atoms with van der Waals surface area (Å²) in [5, 5.41) is 33.5. The van der Waals surface area contributed by atoms with Gasteiger partial charge in [-0.2, -0.15) is 10.2 Å². The number of aliphatic hydroxyl groups excluding tert-OH is 1. The fourth-order valence-electron chi connectivity index (χ4n) is 8.62. The number of aromatic nitrogens is 2. The molecule has 1 unspecified atom stereocenters. The minimum atomic E-state index is 0.225. The van der Waals surface area contributed by atoms with Crippen molar-refractivity contribution in [3.8, 4) is 6.07 Å². The van der Waals surface area contributed by atoms with Crippen molar-refractivity contribution in [1.82, 2.24) is 20.6 Å². The van der Waals surface area contributed by atoms with Crippen LogP contribution in [0.15, 0.2) is 30.5 Å². The Balaban J connectivity index is 1.06. The fourth-order valence-corrected chi connectivity index (χ4v) is 8.62. The lowest BCUT2D eigenvalue weighted by Gasteiger charge is -2.61. The maximum atomic E-state index is 9.75. The third kappa shape index (κ3) is 5.97. The molecular formula is C32H45N7O. The minimum absolute atomic E-state index is 0.225. The van der Waals surface area contributed by atoms with Crippen LogP contribution in [0.1, 0.15) is 74.5 Å². The molecule has 0 spiro atoms. The summed E-state index contributed by atoms with van der Waals surface area (Å²) in [6.07, 6.45) is 13.1. The second kappa shape index (κ2) is 12.0. The predicted octanol–water partition coefficient (Wildman–Crippen LogP) is 4.36. The maximum Gasteiger partial charge on any atom is 0.224 e. The van der Waals surface area contributed by atoms with E-state index in [2.05, 4.69) is 51.4 Å². The highest BCUT2D eigenvalue weighted by Gasteiger charge is 2.55. The van der Waals surface area contributed by atoms with Crippen LogP contribution in [0.25, 0.3) is 0 Å². The third-order valence-corrected chi connectivity index (χ3v) is 10.3. The van der Waals surface area contributed by atoms with Crippen molar-refractivity contribution in [1.29, 1.82) is 5.26 Å². The van der Waals surface area contributed by atoms with E-state index in [1.54, 1.807) is 6.20 Å². The first-order chi connectivity index (χ1) is 19.5. The highest BCUT2D eigenvalue weighted by atomic mass is 16.3. The molecular weight excluding hydrogens is 498 g/mol. The zero-order valence-electron chi connectivity index (χ0n) is 23.8. The second-order valence-corrected chi connectivity index (χ2v) is 13.1. The van der Waals surface area contributed by atoms with E-state index in [9.17, 15) is 5.26 Å². The Kier molecular flexibility index (Phi) is 8.25. The van der Waals surface area contributed by atoms with Gasteiger partial charge in [-0.15, -0.1) is 0 Å². The lowest BCUT2D eigenvalue weighted by Crippen LogP contribution is -2.61. The highest BCUT2D eigenvalue weighted by Crippen LogP contribution is 2.60. The van der Waals surface area contributed by atoms with Gasteiger partial charge in [0.1, 0.15) is 17.5 Å². The monoisotopic (exact) mass is 543 g/mol. The summed E-state index contributed by atoms with van der Waals surface area (Å²) in [5.74, 6) is 3.56. The van der Waals surface area contributed by atoms with Gasteiger partial charge in [-0.3, -0.25) is 0 Å². The van der Waals surface area contributed by atoms with Gasteiger partial charge >= 0.3 is 0 Å². The van der Waals surface area contributed by atoms with Crippen LogP contribution < -0.4 is 21.3 Å². The van der Waals surface area contributed by atoms with Crippen molar-refractivity contribution < 1.29 is 5.11 Å². The highest BCUT2D eigenvalue weighted by molar-refractivity contribution is 5.53. The van der Waals surface area contributed by atoms with Gasteiger partial charge in [-0.1, -0.05) is 24.3 Å². The Morgan fingerprint density at radius 2 is 1.77 bits per heavy atom. The Hall–Kier alpha value is -2.73. The molecule has 4 bridgehead atoms. The zero-order valence-corrected chi connectivity index (χ0v) is 23.8. The van der Waals surface area contributed by atoms with E-state index in [0.717, 1.165) is 24.3 Å². The Morgan fingerprint density at radius 1 is 1.02 bits per heavy atom. The molecule has 5 saturated carbocycles. The number of nitrogens with zero attached hydrogens (tertiary/aromatic N) is 3. The molecule has 2 aromatic rings. The average Bonchev–Trinajstić information content (AvgIpc) is 2.97. The van der Waals surface area contributed by atoms with Crippen LogP contribution >= 0.6 is 0 Å². The van der Waals surface area contributed by atoms with E-state index in [1.165, 1.54) is 68.9 Å². The van der Waals surface area contributed by atoms with Crippen molar-refractivity contribution in [3.63, 3.8) is 0 Å². The Morgan fingerprint density at radius 3 is 2.50 bits per heavy atom. The van der Waals surface area contributed by atoms with Crippen LogP contribution in [0.4, 0.5) is 11.8 Å². The number of nitrogens with one attached hydrogen (secondary N) is 4. The summed E-state index contributed by atoms with van der Waals surface area (Å²) in [6, 6.07) is 12.5. The van der Waals surface area contributed by atoms with Crippen LogP contribution in [0.3, 0.4) is 0 Å². The second-order valence-electron chi connectivity index (χ2n) is 13.1. The van der Waals surface area contributed by atoms with Gasteiger partial charge in [-0.25, -0.2) is 4.98 Å². The molecule has 5 fully saturated rings. The predicted molar refractivity (Wildman–Crippen MR) is 158 cm³/mol. The minimum Gasteiger partial charge on any atom is -0.395 e. The van der Waals surface area contributed by atoms with E-state index in [0.29, 0.717) is 54.0 Å². The van der Waals surface area contributed by atoms with Crippen LogP contribution in [-0.2, 0) is 6.54 Å². The van der Waals surface area contributed by atoms with Gasteiger partial charge < -0.3 is 26.4 Å². The lowest BCUT2D eigenvalue weighted by molar-refractivity contribution is -0.0730. The number of nitriles is 1. The van der Waals surface area contributed by atoms with Crippen molar-refractivity contribution in [2.45, 2.75) is 89.4 Å². The van der Waals surface area contributed by atoms with Gasteiger partial charge in [0, 0.05) is 37.8 Å². The molecule has 214 valence electrons. The molecule has 1 heterocycles. The molecule has 1 aromatic heterocycles. The van der Waals surface area contributed by atoms with Gasteiger partial charge in [-0.05, 0) is 99.0 Å².